The smallest absolute Gasteiger partial charge is 0.318 e. The molecule has 6 heterocycles. The van der Waals surface area contributed by atoms with Crippen LogP contribution in [-0.2, 0) is 13.0 Å². The Morgan fingerprint density at radius 2 is 1.91 bits per heavy atom. The number of aromatic hydroxyl groups is 1. The minimum absolute atomic E-state index is 0.159. The fourth-order valence-electron chi connectivity index (χ4n) is 9.75. The first kappa shape index (κ1) is 27.0. The number of piperazine rings is 1. The Balaban J connectivity index is 1.06. The lowest BCUT2D eigenvalue weighted by atomic mass is 9.90. The molecule has 0 spiro atoms. The zero-order valence-corrected chi connectivity index (χ0v) is 26.9. The summed E-state index contributed by atoms with van der Waals surface area (Å²) in [5.41, 5.74) is 3.59. The van der Waals surface area contributed by atoms with Crippen molar-refractivity contribution in [2.75, 3.05) is 42.6 Å². The van der Waals surface area contributed by atoms with Crippen LogP contribution in [0.5, 0.6) is 11.8 Å². The number of phenolic OH excluding ortho intramolecular Hbond substituents is 1. The van der Waals surface area contributed by atoms with Gasteiger partial charge in [-0.3, -0.25) is 4.90 Å². The van der Waals surface area contributed by atoms with Crippen molar-refractivity contribution in [2.24, 2.45) is 5.92 Å². The summed E-state index contributed by atoms with van der Waals surface area (Å²) < 4.78 is 7.91. The molecule has 43 heavy (non-hydrogen) atoms. The molecule has 2 aromatic carbocycles. The molecule has 1 saturated carbocycles. The number of anilines is 2. The van der Waals surface area contributed by atoms with E-state index < -0.39 is 0 Å². The molecule has 4 saturated heterocycles. The van der Waals surface area contributed by atoms with Crippen LogP contribution in [0.25, 0.3) is 10.8 Å². The van der Waals surface area contributed by atoms with Crippen molar-refractivity contribution in [3.63, 3.8) is 0 Å². The van der Waals surface area contributed by atoms with Crippen molar-refractivity contribution in [3.8, 4) is 11.8 Å². The standard InChI is InChI=1S/C34H41IN6O2/c35-27-6-1-4-21-14-25(42)15-30(31(21)27)39-13-10-26-28(19-39)37-33(38-32(26)40-17-23-8-9-24(18-40)36-23)43-20-34-11-3-12-41(34)29-7-2-5-22(29)16-34/h1,4,6,14-15,22-24,29,36,42H,2-3,5,7-13,16-20H2. The van der Waals surface area contributed by atoms with Crippen LogP contribution in [0.4, 0.5) is 11.5 Å². The van der Waals surface area contributed by atoms with Gasteiger partial charge in [-0.1, -0.05) is 18.6 Å². The van der Waals surface area contributed by atoms with Crippen LogP contribution in [0.2, 0.25) is 0 Å². The maximum Gasteiger partial charge on any atom is 0.318 e. The van der Waals surface area contributed by atoms with Gasteiger partial charge in [-0.25, -0.2) is 0 Å². The normalized spacial score (nSPS) is 31.5. The Labute approximate surface area is 267 Å². The third-order valence-corrected chi connectivity index (χ3v) is 12.5. The minimum atomic E-state index is 0.159. The van der Waals surface area contributed by atoms with E-state index in [1.165, 1.54) is 72.4 Å². The average Bonchev–Trinajstić information content (AvgIpc) is 3.76. The molecule has 5 aliphatic heterocycles. The van der Waals surface area contributed by atoms with Gasteiger partial charge in [0.2, 0.25) is 0 Å². The van der Waals surface area contributed by atoms with Gasteiger partial charge in [-0.15, -0.1) is 0 Å². The molecule has 1 aliphatic carbocycles. The van der Waals surface area contributed by atoms with Gasteiger partial charge < -0.3 is 25.0 Å². The summed E-state index contributed by atoms with van der Waals surface area (Å²) in [5, 5.41) is 16.7. The average molecular weight is 693 g/mol. The zero-order chi connectivity index (χ0) is 28.7. The number of hydrogen-bond donors (Lipinski definition) is 2. The molecule has 5 atom stereocenters. The van der Waals surface area contributed by atoms with Crippen molar-refractivity contribution in [2.45, 2.75) is 88.0 Å². The molecule has 8 nitrogen and oxygen atoms in total. The lowest BCUT2D eigenvalue weighted by molar-refractivity contribution is 0.0829. The fraction of sp³-hybridized carbons (Fsp3) is 0.588. The Kier molecular flexibility index (Phi) is 6.49. The highest BCUT2D eigenvalue weighted by Gasteiger charge is 2.55. The van der Waals surface area contributed by atoms with Gasteiger partial charge in [0.05, 0.1) is 17.8 Å². The number of rotatable bonds is 5. The van der Waals surface area contributed by atoms with Crippen molar-refractivity contribution >= 4 is 44.9 Å². The van der Waals surface area contributed by atoms with E-state index >= 15 is 0 Å². The molecular weight excluding hydrogens is 651 g/mol. The number of benzene rings is 2. The summed E-state index contributed by atoms with van der Waals surface area (Å²) in [5.74, 6) is 2.24. The first-order chi connectivity index (χ1) is 21.0. The SMILES string of the molecule is Oc1cc(N2CCc3c(nc(OCC45CCCN4C4CCCC4C5)nc3N3CC4CCC(C3)N4)C2)c2c(I)cccc2c1. The van der Waals surface area contributed by atoms with E-state index in [2.05, 4.69) is 60.8 Å². The van der Waals surface area contributed by atoms with Gasteiger partial charge in [0.1, 0.15) is 18.2 Å². The van der Waals surface area contributed by atoms with E-state index in [0.29, 0.717) is 37.0 Å². The summed E-state index contributed by atoms with van der Waals surface area (Å²) in [6, 6.07) is 12.5. The number of nitrogens with one attached hydrogen (secondary N) is 1. The molecule has 2 N–H and O–H groups in total. The van der Waals surface area contributed by atoms with Crippen molar-refractivity contribution in [3.05, 3.63) is 45.2 Å². The molecule has 9 heteroatoms. The molecule has 5 fully saturated rings. The highest BCUT2D eigenvalue weighted by atomic mass is 127. The summed E-state index contributed by atoms with van der Waals surface area (Å²) in [6.07, 6.45) is 11.3. The van der Waals surface area contributed by atoms with E-state index in [1.54, 1.807) is 0 Å². The van der Waals surface area contributed by atoms with Crippen molar-refractivity contribution in [1.82, 2.24) is 20.2 Å². The van der Waals surface area contributed by atoms with Crippen LogP contribution in [0.1, 0.15) is 62.6 Å². The number of hydrogen-bond acceptors (Lipinski definition) is 8. The molecule has 5 unspecified atom stereocenters. The molecule has 1 aromatic heterocycles. The van der Waals surface area contributed by atoms with Gasteiger partial charge in [-0.2, -0.15) is 9.97 Å². The Bertz CT molecular complexity index is 1570. The first-order valence-corrected chi connectivity index (χ1v) is 17.6. The molecule has 9 rings (SSSR count). The van der Waals surface area contributed by atoms with Crippen LogP contribution < -0.4 is 19.9 Å². The molecule has 2 bridgehead atoms. The predicted molar refractivity (Wildman–Crippen MR) is 177 cm³/mol. The summed E-state index contributed by atoms with van der Waals surface area (Å²) in [6.45, 7) is 5.47. The Morgan fingerprint density at radius 1 is 1.02 bits per heavy atom. The van der Waals surface area contributed by atoms with Gasteiger partial charge in [-0.05, 0) is 104 Å². The lowest BCUT2D eigenvalue weighted by Gasteiger charge is -2.38. The quantitative estimate of drug-likeness (QED) is 0.353. The number of phenols is 1. The minimum Gasteiger partial charge on any atom is -0.508 e. The second kappa shape index (κ2) is 10.3. The predicted octanol–water partition coefficient (Wildman–Crippen LogP) is 5.23. The van der Waals surface area contributed by atoms with E-state index in [0.717, 1.165) is 60.6 Å². The molecule has 0 amide bonds. The van der Waals surface area contributed by atoms with Gasteiger partial charge >= 0.3 is 6.01 Å². The van der Waals surface area contributed by atoms with Gasteiger partial charge in [0, 0.05) is 64.0 Å². The number of fused-ring (bicyclic) bond motifs is 7. The lowest BCUT2D eigenvalue weighted by Crippen LogP contribution is -2.52. The molecule has 226 valence electrons. The Hall–Kier alpha value is -2.37. The van der Waals surface area contributed by atoms with Crippen molar-refractivity contribution < 1.29 is 9.84 Å². The number of halogens is 1. The van der Waals surface area contributed by atoms with E-state index in [4.69, 9.17) is 14.7 Å². The third-order valence-electron chi connectivity index (χ3n) is 11.6. The fourth-order valence-corrected chi connectivity index (χ4v) is 10.5. The molecule has 0 radical (unpaired) electrons. The third kappa shape index (κ3) is 4.50. The van der Waals surface area contributed by atoms with Gasteiger partial charge in [0.15, 0.2) is 0 Å². The second-order valence-electron chi connectivity index (χ2n) is 14.0. The molecule has 3 aromatic rings. The zero-order valence-electron chi connectivity index (χ0n) is 24.8. The maximum absolute atomic E-state index is 10.7. The highest BCUT2D eigenvalue weighted by molar-refractivity contribution is 14.1. The number of nitrogens with zero attached hydrogens (tertiary/aromatic N) is 5. The van der Waals surface area contributed by atoms with E-state index in [1.807, 2.05) is 12.1 Å². The van der Waals surface area contributed by atoms with Crippen LogP contribution in [0, 0.1) is 9.49 Å². The number of aromatic nitrogens is 2. The Morgan fingerprint density at radius 3 is 2.79 bits per heavy atom. The highest BCUT2D eigenvalue weighted by Crippen LogP contribution is 2.51. The van der Waals surface area contributed by atoms with Gasteiger partial charge in [0.25, 0.3) is 0 Å². The summed E-state index contributed by atoms with van der Waals surface area (Å²) >= 11 is 2.42. The maximum atomic E-state index is 10.7. The molecule has 6 aliphatic rings. The largest absolute Gasteiger partial charge is 0.508 e. The second-order valence-corrected chi connectivity index (χ2v) is 15.2. The number of ether oxygens (including phenoxy) is 1. The van der Waals surface area contributed by atoms with Crippen LogP contribution in [-0.4, -0.2) is 76.4 Å². The van der Waals surface area contributed by atoms with Crippen LogP contribution in [0.3, 0.4) is 0 Å². The monoisotopic (exact) mass is 692 g/mol. The summed E-state index contributed by atoms with van der Waals surface area (Å²) in [7, 11) is 0. The summed E-state index contributed by atoms with van der Waals surface area (Å²) in [4.78, 5) is 18.1. The van der Waals surface area contributed by atoms with E-state index in [9.17, 15) is 5.11 Å². The molecular formula is C34H41IN6O2. The first-order valence-electron chi connectivity index (χ1n) is 16.5. The van der Waals surface area contributed by atoms with Crippen molar-refractivity contribution in [1.29, 1.82) is 0 Å². The van der Waals surface area contributed by atoms with Crippen LogP contribution >= 0.6 is 22.6 Å². The van der Waals surface area contributed by atoms with E-state index in [-0.39, 0.29) is 5.54 Å². The van der Waals surface area contributed by atoms with Crippen LogP contribution in [0.15, 0.2) is 30.3 Å². The topological polar surface area (TPSA) is 77.0 Å².